The van der Waals surface area contributed by atoms with Gasteiger partial charge in [-0.05, 0) is 32.5 Å². The Balaban J connectivity index is 2.20. The first-order chi connectivity index (χ1) is 7.72. The molecule has 16 heavy (non-hydrogen) atoms. The van der Waals surface area contributed by atoms with Crippen LogP contribution in [-0.2, 0) is 11.2 Å². The minimum atomic E-state index is 0.0766. The molecule has 0 saturated carbocycles. The van der Waals surface area contributed by atoms with Crippen LogP contribution in [0.3, 0.4) is 0 Å². The zero-order valence-corrected chi connectivity index (χ0v) is 9.86. The maximum absolute atomic E-state index is 11.5. The maximum Gasteiger partial charge on any atom is 0.220 e. The highest BCUT2D eigenvalue weighted by molar-refractivity contribution is 5.76. The van der Waals surface area contributed by atoms with E-state index in [1.54, 1.807) is 6.20 Å². The van der Waals surface area contributed by atoms with Crippen molar-refractivity contribution in [3.63, 3.8) is 0 Å². The van der Waals surface area contributed by atoms with Crippen LogP contribution in [-0.4, -0.2) is 30.5 Å². The van der Waals surface area contributed by atoms with Crippen molar-refractivity contribution in [2.45, 2.75) is 25.8 Å². The van der Waals surface area contributed by atoms with Gasteiger partial charge in [-0.2, -0.15) is 0 Å². The normalized spacial score (nSPS) is 12.1. The molecule has 1 aromatic rings. The third-order valence-electron chi connectivity index (χ3n) is 2.43. The van der Waals surface area contributed by atoms with Gasteiger partial charge in [0, 0.05) is 30.9 Å². The standard InChI is InChI=1S/C12H19N3O/c1-10(13-2)9-15-12(16)7-6-11-5-3-4-8-14-11/h3-5,8,10,13H,6-7,9H2,1-2H3,(H,15,16). The van der Waals surface area contributed by atoms with Gasteiger partial charge in [-0.1, -0.05) is 6.07 Å². The van der Waals surface area contributed by atoms with Crippen LogP contribution in [0, 0.1) is 0 Å². The highest BCUT2D eigenvalue weighted by Gasteiger charge is 2.04. The Morgan fingerprint density at radius 2 is 2.31 bits per heavy atom. The lowest BCUT2D eigenvalue weighted by Gasteiger charge is -2.11. The molecule has 0 aromatic carbocycles. The van der Waals surface area contributed by atoms with Gasteiger partial charge < -0.3 is 10.6 Å². The highest BCUT2D eigenvalue weighted by atomic mass is 16.1. The summed E-state index contributed by atoms with van der Waals surface area (Å²) in [6.45, 7) is 2.69. The largest absolute Gasteiger partial charge is 0.355 e. The van der Waals surface area contributed by atoms with Gasteiger partial charge >= 0.3 is 0 Å². The van der Waals surface area contributed by atoms with Crippen LogP contribution in [0.5, 0.6) is 0 Å². The Labute approximate surface area is 96.5 Å². The lowest BCUT2D eigenvalue weighted by Crippen LogP contribution is -2.37. The molecule has 0 radical (unpaired) electrons. The molecule has 0 aliphatic carbocycles. The summed E-state index contributed by atoms with van der Waals surface area (Å²) in [6, 6.07) is 6.05. The zero-order chi connectivity index (χ0) is 11.8. The maximum atomic E-state index is 11.5. The van der Waals surface area contributed by atoms with Crippen molar-refractivity contribution in [3.05, 3.63) is 30.1 Å². The first kappa shape index (κ1) is 12.6. The van der Waals surface area contributed by atoms with Gasteiger partial charge in [-0.15, -0.1) is 0 Å². The number of aryl methyl sites for hydroxylation is 1. The number of hydrogen-bond acceptors (Lipinski definition) is 3. The van der Waals surface area contributed by atoms with Gasteiger partial charge in [0.2, 0.25) is 5.91 Å². The summed E-state index contributed by atoms with van der Waals surface area (Å²) >= 11 is 0. The second-order valence-corrected chi connectivity index (χ2v) is 3.81. The van der Waals surface area contributed by atoms with E-state index in [9.17, 15) is 4.79 Å². The number of carbonyl (C=O) groups excluding carboxylic acids is 1. The van der Waals surface area contributed by atoms with Crippen LogP contribution < -0.4 is 10.6 Å². The van der Waals surface area contributed by atoms with Crippen molar-refractivity contribution in [1.29, 1.82) is 0 Å². The third kappa shape index (κ3) is 4.89. The van der Waals surface area contributed by atoms with Crippen molar-refractivity contribution in [2.24, 2.45) is 0 Å². The molecule has 0 aliphatic heterocycles. The zero-order valence-electron chi connectivity index (χ0n) is 9.86. The predicted molar refractivity (Wildman–Crippen MR) is 64.1 cm³/mol. The second kappa shape index (κ2) is 6.95. The number of pyridine rings is 1. The Hall–Kier alpha value is -1.42. The summed E-state index contributed by atoms with van der Waals surface area (Å²) in [5.41, 5.74) is 0.958. The van der Waals surface area contributed by atoms with Gasteiger partial charge in [0.05, 0.1) is 0 Å². The van der Waals surface area contributed by atoms with E-state index in [0.717, 1.165) is 5.69 Å². The summed E-state index contributed by atoms with van der Waals surface area (Å²) in [5, 5.41) is 5.94. The molecule has 0 saturated heterocycles. The van der Waals surface area contributed by atoms with Crippen molar-refractivity contribution in [3.8, 4) is 0 Å². The van der Waals surface area contributed by atoms with E-state index in [1.165, 1.54) is 0 Å². The number of nitrogens with zero attached hydrogens (tertiary/aromatic N) is 1. The number of hydrogen-bond donors (Lipinski definition) is 2. The molecular weight excluding hydrogens is 202 g/mol. The predicted octanol–water partition coefficient (Wildman–Crippen LogP) is 0.738. The summed E-state index contributed by atoms with van der Waals surface area (Å²) in [7, 11) is 1.88. The Kier molecular flexibility index (Phi) is 5.50. The van der Waals surface area contributed by atoms with Crippen molar-refractivity contribution < 1.29 is 4.79 Å². The van der Waals surface area contributed by atoms with Crippen LogP contribution in [0.1, 0.15) is 19.0 Å². The first-order valence-electron chi connectivity index (χ1n) is 5.56. The van der Waals surface area contributed by atoms with E-state index in [0.29, 0.717) is 25.4 Å². The molecule has 1 unspecified atom stereocenters. The minimum absolute atomic E-state index is 0.0766. The summed E-state index contributed by atoms with van der Waals surface area (Å²) in [6.07, 6.45) is 2.93. The van der Waals surface area contributed by atoms with Crippen molar-refractivity contribution in [2.75, 3.05) is 13.6 Å². The number of amides is 1. The fourth-order valence-electron chi connectivity index (χ4n) is 1.24. The van der Waals surface area contributed by atoms with Crippen molar-refractivity contribution in [1.82, 2.24) is 15.6 Å². The van der Waals surface area contributed by atoms with Gasteiger partial charge in [0.1, 0.15) is 0 Å². The van der Waals surface area contributed by atoms with Gasteiger partial charge in [-0.25, -0.2) is 0 Å². The quantitative estimate of drug-likeness (QED) is 0.745. The number of aromatic nitrogens is 1. The molecule has 0 aliphatic rings. The number of nitrogens with one attached hydrogen (secondary N) is 2. The van der Waals surface area contributed by atoms with E-state index in [1.807, 2.05) is 32.2 Å². The minimum Gasteiger partial charge on any atom is -0.355 e. The van der Waals surface area contributed by atoms with Crippen LogP contribution >= 0.6 is 0 Å². The molecule has 4 nitrogen and oxygen atoms in total. The smallest absolute Gasteiger partial charge is 0.220 e. The van der Waals surface area contributed by atoms with Crippen LogP contribution in [0.4, 0.5) is 0 Å². The SMILES string of the molecule is CNC(C)CNC(=O)CCc1ccccn1. The fraction of sp³-hybridized carbons (Fsp3) is 0.500. The van der Waals surface area contributed by atoms with Gasteiger partial charge in [0.15, 0.2) is 0 Å². The fourth-order valence-corrected chi connectivity index (χ4v) is 1.24. The second-order valence-electron chi connectivity index (χ2n) is 3.81. The highest BCUT2D eigenvalue weighted by Crippen LogP contribution is 1.97. The molecule has 4 heteroatoms. The molecule has 0 spiro atoms. The lowest BCUT2D eigenvalue weighted by molar-refractivity contribution is -0.121. The first-order valence-corrected chi connectivity index (χ1v) is 5.56. The average molecular weight is 221 g/mol. The molecule has 2 N–H and O–H groups in total. The topological polar surface area (TPSA) is 54.0 Å². The van der Waals surface area contributed by atoms with Crippen LogP contribution in [0.15, 0.2) is 24.4 Å². The van der Waals surface area contributed by atoms with E-state index >= 15 is 0 Å². The van der Waals surface area contributed by atoms with Gasteiger partial charge in [0.25, 0.3) is 0 Å². The molecular formula is C12H19N3O. The van der Waals surface area contributed by atoms with E-state index < -0.39 is 0 Å². The summed E-state index contributed by atoms with van der Waals surface area (Å²) < 4.78 is 0. The Bertz CT molecular complexity index is 313. The van der Waals surface area contributed by atoms with E-state index in [4.69, 9.17) is 0 Å². The average Bonchev–Trinajstić information content (AvgIpc) is 2.34. The molecule has 0 fully saturated rings. The van der Waals surface area contributed by atoms with Crippen LogP contribution in [0.2, 0.25) is 0 Å². The lowest BCUT2D eigenvalue weighted by atomic mass is 10.2. The molecule has 1 amide bonds. The summed E-state index contributed by atoms with van der Waals surface area (Å²) in [4.78, 5) is 15.6. The van der Waals surface area contributed by atoms with Crippen molar-refractivity contribution >= 4 is 5.91 Å². The molecule has 1 rings (SSSR count). The molecule has 1 atom stereocenters. The Morgan fingerprint density at radius 3 is 2.94 bits per heavy atom. The number of rotatable bonds is 6. The molecule has 88 valence electrons. The Morgan fingerprint density at radius 1 is 1.50 bits per heavy atom. The number of carbonyl (C=O) groups is 1. The monoisotopic (exact) mass is 221 g/mol. The molecule has 0 bridgehead atoms. The molecule has 1 heterocycles. The third-order valence-corrected chi connectivity index (χ3v) is 2.43. The van der Waals surface area contributed by atoms with Crippen LogP contribution in [0.25, 0.3) is 0 Å². The number of likely N-dealkylation sites (N-methyl/N-ethyl adjacent to an activating group) is 1. The van der Waals surface area contributed by atoms with Gasteiger partial charge in [-0.3, -0.25) is 9.78 Å². The summed E-state index contributed by atoms with van der Waals surface area (Å²) in [5.74, 6) is 0.0766. The van der Waals surface area contributed by atoms with E-state index in [-0.39, 0.29) is 5.91 Å². The molecule has 1 aromatic heterocycles. The van der Waals surface area contributed by atoms with E-state index in [2.05, 4.69) is 15.6 Å².